The van der Waals surface area contributed by atoms with Crippen LogP contribution in [-0.2, 0) is 6.42 Å². The van der Waals surface area contributed by atoms with E-state index in [1.807, 2.05) is 20.0 Å². The Bertz CT molecular complexity index is 372. The van der Waals surface area contributed by atoms with E-state index in [1.165, 1.54) is 18.9 Å². The first-order valence-electron chi connectivity index (χ1n) is 5.85. The third-order valence-corrected chi connectivity index (χ3v) is 3.06. The van der Waals surface area contributed by atoms with E-state index in [0.717, 1.165) is 17.7 Å². The van der Waals surface area contributed by atoms with E-state index in [9.17, 15) is 4.39 Å². The SMILES string of the molecule is CC(N)Cc1cccc(F)c1N(C)C1CC1. The quantitative estimate of drug-likeness (QED) is 0.847. The van der Waals surface area contributed by atoms with Gasteiger partial charge < -0.3 is 10.6 Å². The Kier molecular flexibility index (Phi) is 3.15. The summed E-state index contributed by atoms with van der Waals surface area (Å²) in [5, 5.41) is 0. The molecule has 1 aromatic rings. The van der Waals surface area contributed by atoms with E-state index in [-0.39, 0.29) is 11.9 Å². The van der Waals surface area contributed by atoms with Crippen molar-refractivity contribution in [1.29, 1.82) is 0 Å². The fourth-order valence-electron chi connectivity index (χ4n) is 2.11. The summed E-state index contributed by atoms with van der Waals surface area (Å²) in [6, 6.07) is 5.84. The zero-order chi connectivity index (χ0) is 11.7. The molecule has 0 spiro atoms. The molecule has 0 saturated heterocycles. The number of hydrogen-bond donors (Lipinski definition) is 1. The van der Waals surface area contributed by atoms with Gasteiger partial charge in [-0.1, -0.05) is 12.1 Å². The van der Waals surface area contributed by atoms with Crippen LogP contribution >= 0.6 is 0 Å². The van der Waals surface area contributed by atoms with Crippen molar-refractivity contribution < 1.29 is 4.39 Å². The summed E-state index contributed by atoms with van der Waals surface area (Å²) in [6.45, 7) is 1.95. The number of anilines is 1. The van der Waals surface area contributed by atoms with E-state index in [2.05, 4.69) is 4.90 Å². The number of nitrogens with two attached hydrogens (primary N) is 1. The maximum Gasteiger partial charge on any atom is 0.146 e. The third-order valence-electron chi connectivity index (χ3n) is 3.06. The van der Waals surface area contributed by atoms with Crippen molar-refractivity contribution in [3.8, 4) is 0 Å². The van der Waals surface area contributed by atoms with Crippen molar-refractivity contribution >= 4 is 5.69 Å². The highest BCUT2D eigenvalue weighted by Gasteiger charge is 2.29. The molecule has 1 saturated carbocycles. The Labute approximate surface area is 96.2 Å². The lowest BCUT2D eigenvalue weighted by atomic mass is 10.0. The summed E-state index contributed by atoms with van der Waals surface area (Å²) in [5.41, 5.74) is 7.55. The van der Waals surface area contributed by atoms with Gasteiger partial charge in [-0.2, -0.15) is 0 Å². The summed E-state index contributed by atoms with van der Waals surface area (Å²) in [6.07, 6.45) is 3.06. The number of nitrogens with zero attached hydrogens (tertiary/aromatic N) is 1. The van der Waals surface area contributed by atoms with Gasteiger partial charge in [0, 0.05) is 19.1 Å². The molecule has 16 heavy (non-hydrogen) atoms. The smallest absolute Gasteiger partial charge is 0.146 e. The molecule has 1 aliphatic carbocycles. The van der Waals surface area contributed by atoms with Gasteiger partial charge in [-0.15, -0.1) is 0 Å². The van der Waals surface area contributed by atoms with E-state index in [0.29, 0.717) is 6.04 Å². The van der Waals surface area contributed by atoms with Crippen LogP contribution in [0.2, 0.25) is 0 Å². The third kappa shape index (κ3) is 2.35. The molecular weight excluding hydrogens is 203 g/mol. The van der Waals surface area contributed by atoms with Crippen LogP contribution < -0.4 is 10.6 Å². The van der Waals surface area contributed by atoms with E-state index < -0.39 is 0 Å². The van der Waals surface area contributed by atoms with Gasteiger partial charge in [0.25, 0.3) is 0 Å². The van der Waals surface area contributed by atoms with E-state index >= 15 is 0 Å². The number of hydrogen-bond acceptors (Lipinski definition) is 2. The molecule has 1 aliphatic rings. The lowest BCUT2D eigenvalue weighted by Gasteiger charge is -2.23. The zero-order valence-corrected chi connectivity index (χ0v) is 9.91. The second-order valence-corrected chi connectivity index (χ2v) is 4.77. The van der Waals surface area contributed by atoms with Crippen LogP contribution in [-0.4, -0.2) is 19.1 Å². The average molecular weight is 222 g/mol. The minimum Gasteiger partial charge on any atom is -0.369 e. The maximum atomic E-state index is 13.9. The largest absolute Gasteiger partial charge is 0.369 e. The van der Waals surface area contributed by atoms with Crippen LogP contribution in [0.25, 0.3) is 0 Å². The molecule has 2 N–H and O–H groups in total. The lowest BCUT2D eigenvalue weighted by Crippen LogP contribution is -2.25. The normalized spacial score (nSPS) is 17.2. The summed E-state index contributed by atoms with van der Waals surface area (Å²) in [5.74, 6) is -0.132. The molecule has 1 fully saturated rings. The highest BCUT2D eigenvalue weighted by molar-refractivity contribution is 5.56. The molecule has 3 heteroatoms. The minimum atomic E-state index is -0.132. The van der Waals surface area contributed by atoms with Crippen LogP contribution in [0.1, 0.15) is 25.3 Å². The highest BCUT2D eigenvalue weighted by atomic mass is 19.1. The molecule has 0 amide bonds. The Morgan fingerprint density at radius 3 is 2.75 bits per heavy atom. The first-order valence-corrected chi connectivity index (χ1v) is 5.85. The summed E-state index contributed by atoms with van der Waals surface area (Å²) in [4.78, 5) is 2.06. The van der Waals surface area contributed by atoms with Gasteiger partial charge >= 0.3 is 0 Å². The molecule has 1 unspecified atom stereocenters. The fraction of sp³-hybridized carbons (Fsp3) is 0.538. The molecule has 88 valence electrons. The van der Waals surface area contributed by atoms with Crippen LogP contribution in [0.5, 0.6) is 0 Å². The molecule has 0 aromatic heterocycles. The number of halogens is 1. The molecule has 2 rings (SSSR count). The van der Waals surface area contributed by atoms with E-state index in [4.69, 9.17) is 5.73 Å². The van der Waals surface area contributed by atoms with Gasteiger partial charge in [-0.05, 0) is 37.8 Å². The number of rotatable bonds is 4. The molecule has 0 bridgehead atoms. The second kappa shape index (κ2) is 4.42. The fourth-order valence-corrected chi connectivity index (χ4v) is 2.11. The van der Waals surface area contributed by atoms with Gasteiger partial charge in [0.05, 0.1) is 5.69 Å². The molecule has 1 atom stereocenters. The topological polar surface area (TPSA) is 29.3 Å². The van der Waals surface area contributed by atoms with Crippen LogP contribution in [0.4, 0.5) is 10.1 Å². The van der Waals surface area contributed by atoms with Crippen LogP contribution in [0.15, 0.2) is 18.2 Å². The minimum absolute atomic E-state index is 0.0631. The van der Waals surface area contributed by atoms with Crippen LogP contribution in [0.3, 0.4) is 0 Å². The Hall–Kier alpha value is -1.09. The standard InChI is InChI=1S/C13H19FN2/c1-9(15)8-10-4-3-5-12(14)13(10)16(2)11-6-7-11/h3-5,9,11H,6-8,15H2,1-2H3. The molecule has 0 radical (unpaired) electrons. The van der Waals surface area contributed by atoms with Crippen molar-refractivity contribution in [2.24, 2.45) is 5.73 Å². The lowest BCUT2D eigenvalue weighted by molar-refractivity contribution is 0.616. The summed E-state index contributed by atoms with van der Waals surface area (Å²) in [7, 11) is 1.97. The zero-order valence-electron chi connectivity index (χ0n) is 9.91. The van der Waals surface area contributed by atoms with Crippen molar-refractivity contribution in [3.63, 3.8) is 0 Å². The summed E-state index contributed by atoms with van der Waals surface area (Å²) >= 11 is 0. The highest BCUT2D eigenvalue weighted by Crippen LogP contribution is 2.34. The van der Waals surface area contributed by atoms with Crippen LogP contribution in [0, 0.1) is 5.82 Å². The number of benzene rings is 1. The Balaban J connectivity index is 2.31. The van der Waals surface area contributed by atoms with Gasteiger partial charge in [0.2, 0.25) is 0 Å². The number of para-hydroxylation sites is 1. The predicted octanol–water partition coefficient (Wildman–Crippen LogP) is 2.31. The van der Waals surface area contributed by atoms with Gasteiger partial charge in [-0.3, -0.25) is 0 Å². The maximum absolute atomic E-state index is 13.9. The van der Waals surface area contributed by atoms with Crippen molar-refractivity contribution in [3.05, 3.63) is 29.6 Å². The van der Waals surface area contributed by atoms with Crippen molar-refractivity contribution in [2.45, 2.75) is 38.3 Å². The van der Waals surface area contributed by atoms with E-state index in [1.54, 1.807) is 6.07 Å². The second-order valence-electron chi connectivity index (χ2n) is 4.77. The first kappa shape index (κ1) is 11.4. The molecule has 2 nitrogen and oxygen atoms in total. The van der Waals surface area contributed by atoms with Gasteiger partial charge in [0.1, 0.15) is 5.82 Å². The summed E-state index contributed by atoms with van der Waals surface area (Å²) < 4.78 is 13.9. The predicted molar refractivity (Wildman–Crippen MR) is 65.2 cm³/mol. The first-order chi connectivity index (χ1) is 7.59. The Morgan fingerprint density at radius 2 is 2.19 bits per heavy atom. The monoisotopic (exact) mass is 222 g/mol. The van der Waals surface area contributed by atoms with Gasteiger partial charge in [-0.25, -0.2) is 4.39 Å². The van der Waals surface area contributed by atoms with Crippen molar-refractivity contribution in [2.75, 3.05) is 11.9 Å². The molecule has 1 aromatic carbocycles. The molecule has 0 aliphatic heterocycles. The Morgan fingerprint density at radius 1 is 1.50 bits per heavy atom. The van der Waals surface area contributed by atoms with Crippen molar-refractivity contribution in [1.82, 2.24) is 0 Å². The van der Waals surface area contributed by atoms with Gasteiger partial charge in [0.15, 0.2) is 0 Å². The molecular formula is C13H19FN2. The molecule has 0 heterocycles. The average Bonchev–Trinajstić information content (AvgIpc) is 2.99.